The van der Waals surface area contributed by atoms with Crippen molar-refractivity contribution in [1.82, 2.24) is 14.9 Å². The predicted octanol–water partition coefficient (Wildman–Crippen LogP) is 4.22. The van der Waals surface area contributed by atoms with E-state index >= 15 is 0 Å². The van der Waals surface area contributed by atoms with Crippen LogP contribution in [0.5, 0.6) is 0 Å². The number of hydrogen-bond donors (Lipinski definition) is 1. The Hall–Kier alpha value is -4.28. The number of carbonyl (C=O) groups excluding carboxylic acids is 3. The molecule has 8 nitrogen and oxygen atoms in total. The second kappa shape index (κ2) is 9.30. The van der Waals surface area contributed by atoms with Crippen molar-refractivity contribution in [2.75, 3.05) is 23.3 Å². The van der Waals surface area contributed by atoms with Gasteiger partial charge in [-0.3, -0.25) is 19.4 Å². The lowest BCUT2D eigenvalue weighted by Gasteiger charge is -2.34. The molecule has 0 saturated carbocycles. The molecule has 1 aliphatic rings. The number of imide groups is 1. The van der Waals surface area contributed by atoms with Crippen LogP contribution in [0.15, 0.2) is 67.0 Å². The van der Waals surface area contributed by atoms with E-state index in [9.17, 15) is 27.6 Å². The molecular formula is C23H18F3N5O3. The molecule has 3 aromatic rings. The minimum absolute atomic E-state index is 0.0229. The molecule has 1 aliphatic heterocycles. The molecule has 0 bridgehead atoms. The number of nitrogens with one attached hydrogen (secondary N) is 1. The Bertz CT molecular complexity index is 1220. The summed E-state index contributed by atoms with van der Waals surface area (Å²) in [6, 6.07) is 11.5. The van der Waals surface area contributed by atoms with Crippen LogP contribution in [0, 0.1) is 0 Å². The Morgan fingerprint density at radius 2 is 1.71 bits per heavy atom. The van der Waals surface area contributed by atoms with Crippen molar-refractivity contribution in [3.8, 4) is 0 Å². The van der Waals surface area contributed by atoms with Gasteiger partial charge >= 0.3 is 12.2 Å². The van der Waals surface area contributed by atoms with E-state index in [1.54, 1.807) is 18.2 Å². The quantitative estimate of drug-likeness (QED) is 0.617. The van der Waals surface area contributed by atoms with Crippen LogP contribution in [0.2, 0.25) is 0 Å². The maximum Gasteiger partial charge on any atom is 0.417 e. The van der Waals surface area contributed by atoms with Gasteiger partial charge in [0, 0.05) is 25.5 Å². The minimum Gasteiger partial charge on any atom is -0.307 e. The largest absolute Gasteiger partial charge is 0.417 e. The van der Waals surface area contributed by atoms with Crippen LogP contribution in [0.4, 0.5) is 29.6 Å². The molecule has 0 unspecified atom stereocenters. The van der Waals surface area contributed by atoms with E-state index in [2.05, 4.69) is 15.3 Å². The summed E-state index contributed by atoms with van der Waals surface area (Å²) < 4.78 is 40.0. The molecule has 1 aromatic carbocycles. The lowest BCUT2D eigenvalue weighted by Crippen LogP contribution is -2.52. The highest BCUT2D eigenvalue weighted by Gasteiger charge is 2.39. The average molecular weight is 469 g/mol. The predicted molar refractivity (Wildman–Crippen MR) is 116 cm³/mol. The number of pyridine rings is 2. The number of benzene rings is 1. The number of halogens is 3. The highest BCUT2D eigenvalue weighted by Crippen LogP contribution is 2.33. The zero-order chi connectivity index (χ0) is 24.3. The van der Waals surface area contributed by atoms with Gasteiger partial charge in [0.05, 0.1) is 16.7 Å². The number of anilines is 2. The van der Waals surface area contributed by atoms with E-state index in [1.807, 2.05) is 0 Å². The molecule has 1 saturated heterocycles. The van der Waals surface area contributed by atoms with Gasteiger partial charge in [-0.05, 0) is 42.8 Å². The maximum absolute atomic E-state index is 13.3. The van der Waals surface area contributed by atoms with Crippen molar-refractivity contribution in [2.24, 2.45) is 0 Å². The van der Waals surface area contributed by atoms with E-state index in [0.717, 1.165) is 17.0 Å². The average Bonchev–Trinajstić information content (AvgIpc) is 2.84. The SMILES string of the molecule is O=C(Nc1ccccn1)c1ccc(N2CCCN(C(=O)c3ccccc3C(F)(F)F)C2=O)nc1. The zero-order valence-corrected chi connectivity index (χ0v) is 17.6. The Labute approximate surface area is 192 Å². The monoisotopic (exact) mass is 469 g/mol. The minimum atomic E-state index is -4.74. The molecule has 4 amide bonds. The first-order valence-corrected chi connectivity index (χ1v) is 10.2. The van der Waals surface area contributed by atoms with Crippen LogP contribution in [-0.4, -0.2) is 45.8 Å². The van der Waals surface area contributed by atoms with Gasteiger partial charge in [-0.1, -0.05) is 18.2 Å². The van der Waals surface area contributed by atoms with E-state index in [0.29, 0.717) is 12.2 Å². The summed E-state index contributed by atoms with van der Waals surface area (Å²) in [6.07, 6.45) is -1.60. The lowest BCUT2D eigenvalue weighted by atomic mass is 10.1. The van der Waals surface area contributed by atoms with Gasteiger partial charge in [0.15, 0.2) is 0 Å². The summed E-state index contributed by atoms with van der Waals surface area (Å²) in [5.41, 5.74) is -1.49. The number of alkyl halides is 3. The van der Waals surface area contributed by atoms with Gasteiger partial charge in [-0.15, -0.1) is 0 Å². The first kappa shape index (κ1) is 22.9. The molecule has 0 atom stereocenters. The molecular weight excluding hydrogens is 451 g/mol. The van der Waals surface area contributed by atoms with Crippen LogP contribution in [-0.2, 0) is 6.18 Å². The van der Waals surface area contributed by atoms with Crippen LogP contribution in [0.3, 0.4) is 0 Å². The molecule has 0 radical (unpaired) electrons. The van der Waals surface area contributed by atoms with Crippen molar-refractivity contribution in [2.45, 2.75) is 12.6 Å². The summed E-state index contributed by atoms with van der Waals surface area (Å²) in [4.78, 5) is 48.3. The molecule has 2 aromatic heterocycles. The van der Waals surface area contributed by atoms with Crippen LogP contribution in [0.1, 0.15) is 32.7 Å². The lowest BCUT2D eigenvalue weighted by molar-refractivity contribution is -0.138. The summed E-state index contributed by atoms with van der Waals surface area (Å²) in [5, 5.41) is 2.61. The summed E-state index contributed by atoms with van der Waals surface area (Å²) in [5.74, 6) is -0.964. The van der Waals surface area contributed by atoms with Crippen molar-refractivity contribution in [1.29, 1.82) is 0 Å². The van der Waals surface area contributed by atoms with Gasteiger partial charge < -0.3 is 5.32 Å². The Balaban J connectivity index is 1.51. The molecule has 1 fully saturated rings. The van der Waals surface area contributed by atoms with Gasteiger partial charge in [0.1, 0.15) is 11.6 Å². The van der Waals surface area contributed by atoms with Crippen molar-refractivity contribution < 1.29 is 27.6 Å². The first-order chi connectivity index (χ1) is 16.3. The van der Waals surface area contributed by atoms with Crippen LogP contribution < -0.4 is 10.2 Å². The Morgan fingerprint density at radius 3 is 2.38 bits per heavy atom. The first-order valence-electron chi connectivity index (χ1n) is 10.2. The Morgan fingerprint density at radius 1 is 0.941 bits per heavy atom. The third kappa shape index (κ3) is 4.72. The number of aromatic nitrogens is 2. The third-order valence-corrected chi connectivity index (χ3v) is 5.13. The molecule has 34 heavy (non-hydrogen) atoms. The summed E-state index contributed by atoms with van der Waals surface area (Å²) in [6.45, 7) is 0.195. The van der Waals surface area contributed by atoms with Crippen LogP contribution >= 0.6 is 0 Å². The topological polar surface area (TPSA) is 95.5 Å². The third-order valence-electron chi connectivity index (χ3n) is 5.13. The fraction of sp³-hybridized carbons (Fsp3) is 0.174. The van der Waals surface area contributed by atoms with E-state index in [-0.39, 0.29) is 24.5 Å². The van der Waals surface area contributed by atoms with Gasteiger partial charge in [0.25, 0.3) is 11.8 Å². The standard InChI is InChI=1S/C23H18F3N5O3/c24-23(25,26)17-7-2-1-6-16(17)21(33)31-13-5-12-30(22(31)34)19-10-9-15(14-28-19)20(32)29-18-8-3-4-11-27-18/h1-4,6-11,14H,5,12-13H2,(H,27,29,32). The molecule has 0 aliphatic carbocycles. The molecule has 1 N–H and O–H groups in total. The van der Waals surface area contributed by atoms with Crippen molar-refractivity contribution >= 4 is 29.5 Å². The van der Waals surface area contributed by atoms with E-state index < -0.39 is 35.1 Å². The molecule has 11 heteroatoms. The molecule has 4 rings (SSSR count). The number of urea groups is 1. The van der Waals surface area contributed by atoms with Crippen molar-refractivity contribution in [3.63, 3.8) is 0 Å². The number of nitrogens with zero attached hydrogens (tertiary/aromatic N) is 4. The fourth-order valence-corrected chi connectivity index (χ4v) is 3.49. The van der Waals surface area contributed by atoms with Gasteiger partial charge in [-0.2, -0.15) is 13.2 Å². The Kier molecular flexibility index (Phi) is 6.26. The summed E-state index contributed by atoms with van der Waals surface area (Å²) in [7, 11) is 0. The molecule has 174 valence electrons. The maximum atomic E-state index is 13.3. The highest BCUT2D eigenvalue weighted by atomic mass is 19.4. The number of amides is 4. The van der Waals surface area contributed by atoms with E-state index in [1.165, 1.54) is 41.6 Å². The van der Waals surface area contributed by atoms with Gasteiger partial charge in [0.2, 0.25) is 0 Å². The van der Waals surface area contributed by atoms with Gasteiger partial charge in [-0.25, -0.2) is 14.8 Å². The second-order valence-corrected chi connectivity index (χ2v) is 7.36. The number of hydrogen-bond acceptors (Lipinski definition) is 5. The smallest absolute Gasteiger partial charge is 0.307 e. The van der Waals surface area contributed by atoms with Crippen LogP contribution in [0.25, 0.3) is 0 Å². The number of rotatable bonds is 4. The number of carbonyl (C=O) groups is 3. The summed E-state index contributed by atoms with van der Waals surface area (Å²) >= 11 is 0. The zero-order valence-electron chi connectivity index (χ0n) is 17.6. The molecule has 0 spiro atoms. The molecule has 3 heterocycles. The normalized spacial score (nSPS) is 14.1. The van der Waals surface area contributed by atoms with E-state index in [4.69, 9.17) is 0 Å². The highest BCUT2D eigenvalue weighted by molar-refractivity contribution is 6.10. The fourth-order valence-electron chi connectivity index (χ4n) is 3.49. The van der Waals surface area contributed by atoms with Crippen molar-refractivity contribution in [3.05, 3.63) is 83.7 Å². The second-order valence-electron chi connectivity index (χ2n) is 7.36.